The molecule has 0 aliphatic rings. The first kappa shape index (κ1) is 16.0. The van der Waals surface area contributed by atoms with Crippen LogP contribution in [-0.4, -0.2) is 15.8 Å². The molecule has 0 saturated heterocycles. The van der Waals surface area contributed by atoms with E-state index >= 15 is 0 Å². The lowest BCUT2D eigenvalue weighted by molar-refractivity contribution is -0.107. The lowest BCUT2D eigenvalue weighted by atomic mass is 10.1. The van der Waals surface area contributed by atoms with E-state index in [-0.39, 0.29) is 0 Å². The van der Waals surface area contributed by atoms with Crippen LogP contribution < -0.4 is 0 Å². The van der Waals surface area contributed by atoms with Crippen LogP contribution >= 0.6 is 11.6 Å². The van der Waals surface area contributed by atoms with Gasteiger partial charge >= 0.3 is 0 Å². The van der Waals surface area contributed by atoms with Crippen LogP contribution in [0.3, 0.4) is 0 Å². The summed E-state index contributed by atoms with van der Waals surface area (Å²) in [6, 6.07) is 2.54. The van der Waals surface area contributed by atoms with Crippen LogP contribution in [-0.2, 0) is 11.2 Å². The Balaban J connectivity index is 2.64. The molecule has 0 unspecified atom stereocenters. The summed E-state index contributed by atoms with van der Waals surface area (Å²) in [6.45, 7) is 6.37. The maximum absolute atomic E-state index is 11.0. The molecule has 0 N–H and O–H groups in total. The molecule has 0 bridgehead atoms. The van der Waals surface area contributed by atoms with E-state index < -0.39 is 0 Å². The Labute approximate surface area is 131 Å². The molecule has 21 heavy (non-hydrogen) atoms. The molecule has 0 aromatic carbocycles. The second-order valence-electron chi connectivity index (χ2n) is 5.61. The third-order valence-corrected chi connectivity index (χ3v) is 4.19. The van der Waals surface area contributed by atoms with Gasteiger partial charge in [0, 0.05) is 29.7 Å². The molecule has 2 heterocycles. The number of carbonyl (C=O) groups excluding carboxylic acids is 1. The summed E-state index contributed by atoms with van der Waals surface area (Å²) >= 11 is 6.33. The number of aryl methyl sites for hydroxylation is 1. The summed E-state index contributed by atoms with van der Waals surface area (Å²) in [5.74, 6) is 0. The third-order valence-electron chi connectivity index (χ3n) is 3.92. The van der Waals surface area contributed by atoms with E-state index in [1.165, 1.54) is 0 Å². The highest BCUT2D eigenvalue weighted by molar-refractivity contribution is 6.34. The Bertz CT molecular complexity index is 627. The van der Waals surface area contributed by atoms with E-state index in [9.17, 15) is 4.79 Å². The zero-order chi connectivity index (χ0) is 15.4. The summed E-state index contributed by atoms with van der Waals surface area (Å²) in [5.41, 5.74) is 3.00. The molecule has 0 spiro atoms. The van der Waals surface area contributed by atoms with Gasteiger partial charge in [-0.3, -0.25) is 0 Å². The largest absolute Gasteiger partial charge is 0.344 e. The zero-order valence-corrected chi connectivity index (χ0v) is 13.8. The summed E-state index contributed by atoms with van der Waals surface area (Å²) in [4.78, 5) is 15.3. The zero-order valence-electron chi connectivity index (χ0n) is 13.0. The van der Waals surface area contributed by atoms with Crippen molar-refractivity contribution >= 4 is 28.8 Å². The average molecular weight is 307 g/mol. The molecule has 3 nitrogen and oxygen atoms in total. The van der Waals surface area contributed by atoms with Gasteiger partial charge in [-0.2, -0.15) is 0 Å². The Morgan fingerprint density at radius 3 is 2.57 bits per heavy atom. The first-order chi connectivity index (χ1) is 10.1. The van der Waals surface area contributed by atoms with Gasteiger partial charge in [-0.15, -0.1) is 0 Å². The smallest absolute Gasteiger partial charge is 0.138 e. The van der Waals surface area contributed by atoms with Gasteiger partial charge in [0.25, 0.3) is 0 Å². The van der Waals surface area contributed by atoms with Gasteiger partial charge in [-0.1, -0.05) is 38.3 Å². The lowest BCUT2D eigenvalue weighted by Gasteiger charge is -2.19. The second-order valence-corrected chi connectivity index (χ2v) is 5.97. The number of hydrogen-bond donors (Lipinski definition) is 0. The quantitative estimate of drug-likeness (QED) is 0.539. The Morgan fingerprint density at radius 2 is 2.00 bits per heavy atom. The monoisotopic (exact) mass is 306 g/mol. The van der Waals surface area contributed by atoms with Crippen LogP contribution in [0.2, 0.25) is 5.15 Å². The molecular weight excluding hydrogens is 284 g/mol. The molecule has 0 aliphatic heterocycles. The van der Waals surface area contributed by atoms with E-state index in [4.69, 9.17) is 11.6 Å². The van der Waals surface area contributed by atoms with Crippen LogP contribution in [0.15, 0.2) is 12.3 Å². The highest BCUT2D eigenvalue weighted by Crippen LogP contribution is 2.33. The fourth-order valence-electron chi connectivity index (χ4n) is 3.06. The minimum atomic E-state index is 0.388. The summed E-state index contributed by atoms with van der Waals surface area (Å²) in [7, 11) is 0. The molecule has 114 valence electrons. The first-order valence-corrected chi connectivity index (χ1v) is 8.10. The standard InChI is InChI=1S/C17H23ClN2O/c1-4-6-14(7-5-2)20-11-13(8-9-21)16-15(20)10-12(3)19-17(16)18/h9-11,14H,4-8H2,1-3H3. The fourth-order valence-corrected chi connectivity index (χ4v) is 3.41. The second kappa shape index (κ2) is 7.08. The Hall–Kier alpha value is -1.35. The molecule has 4 heteroatoms. The van der Waals surface area contributed by atoms with Crippen molar-refractivity contribution in [2.75, 3.05) is 0 Å². The van der Waals surface area contributed by atoms with Crippen LogP contribution in [0.1, 0.15) is 56.8 Å². The highest BCUT2D eigenvalue weighted by Gasteiger charge is 2.18. The maximum Gasteiger partial charge on any atom is 0.138 e. The Morgan fingerprint density at radius 1 is 1.33 bits per heavy atom. The fraction of sp³-hybridized carbons (Fsp3) is 0.529. The number of aldehydes is 1. The number of aromatic nitrogens is 2. The number of fused-ring (bicyclic) bond motifs is 1. The maximum atomic E-state index is 11.0. The molecule has 0 radical (unpaired) electrons. The summed E-state index contributed by atoms with van der Waals surface area (Å²) < 4.78 is 2.31. The third kappa shape index (κ3) is 3.29. The van der Waals surface area contributed by atoms with Crippen molar-refractivity contribution in [3.05, 3.63) is 28.7 Å². The SMILES string of the molecule is CCCC(CCC)n1cc(CC=O)c2c(Cl)nc(C)cc21. The van der Waals surface area contributed by atoms with Crippen molar-refractivity contribution in [3.8, 4) is 0 Å². The van der Waals surface area contributed by atoms with Gasteiger partial charge in [-0.05, 0) is 31.4 Å². The van der Waals surface area contributed by atoms with E-state index in [1.807, 2.05) is 6.92 Å². The molecule has 0 fully saturated rings. The number of halogens is 1. The molecule has 0 saturated carbocycles. The summed E-state index contributed by atoms with van der Waals surface area (Å²) in [5, 5.41) is 1.44. The number of nitrogens with zero attached hydrogens (tertiary/aromatic N) is 2. The van der Waals surface area contributed by atoms with Gasteiger partial charge in [0.15, 0.2) is 0 Å². The minimum Gasteiger partial charge on any atom is -0.344 e. The molecule has 2 aromatic rings. The minimum absolute atomic E-state index is 0.388. The van der Waals surface area contributed by atoms with E-state index in [1.54, 1.807) is 0 Å². The van der Waals surface area contributed by atoms with Gasteiger partial charge in [0.05, 0.1) is 5.52 Å². The van der Waals surface area contributed by atoms with E-state index in [2.05, 4.69) is 35.7 Å². The van der Waals surface area contributed by atoms with Crippen molar-refractivity contribution in [1.29, 1.82) is 0 Å². The molecule has 2 rings (SSSR count). The van der Waals surface area contributed by atoms with Crippen molar-refractivity contribution < 1.29 is 4.79 Å². The average Bonchev–Trinajstić information content (AvgIpc) is 2.77. The van der Waals surface area contributed by atoms with E-state index in [0.717, 1.165) is 54.1 Å². The van der Waals surface area contributed by atoms with Crippen LogP contribution in [0, 0.1) is 6.92 Å². The molecule has 0 amide bonds. The lowest BCUT2D eigenvalue weighted by Crippen LogP contribution is -2.07. The predicted octanol–water partition coefficient (Wildman–Crippen LogP) is 4.88. The number of pyridine rings is 1. The normalized spacial score (nSPS) is 11.5. The van der Waals surface area contributed by atoms with Crippen molar-refractivity contribution in [2.24, 2.45) is 0 Å². The molecule has 0 atom stereocenters. The number of rotatable bonds is 7. The number of hydrogen-bond acceptors (Lipinski definition) is 2. The van der Waals surface area contributed by atoms with Crippen LogP contribution in [0.5, 0.6) is 0 Å². The van der Waals surface area contributed by atoms with Gasteiger partial charge in [0.2, 0.25) is 0 Å². The summed E-state index contributed by atoms with van der Waals surface area (Å²) in [6.07, 6.45) is 7.98. The Kier molecular flexibility index (Phi) is 5.40. The highest BCUT2D eigenvalue weighted by atomic mass is 35.5. The predicted molar refractivity (Wildman–Crippen MR) is 88.1 cm³/mol. The molecule has 2 aromatic heterocycles. The van der Waals surface area contributed by atoms with Crippen molar-refractivity contribution in [1.82, 2.24) is 9.55 Å². The van der Waals surface area contributed by atoms with Gasteiger partial charge in [-0.25, -0.2) is 4.98 Å². The first-order valence-electron chi connectivity index (χ1n) is 7.72. The van der Waals surface area contributed by atoms with E-state index in [0.29, 0.717) is 17.6 Å². The van der Waals surface area contributed by atoms with Gasteiger partial charge < -0.3 is 9.36 Å². The molecule has 0 aliphatic carbocycles. The topological polar surface area (TPSA) is 34.9 Å². The van der Waals surface area contributed by atoms with Crippen molar-refractivity contribution in [2.45, 2.75) is 58.9 Å². The van der Waals surface area contributed by atoms with Gasteiger partial charge in [0.1, 0.15) is 11.4 Å². The van der Waals surface area contributed by atoms with Crippen LogP contribution in [0.4, 0.5) is 0 Å². The van der Waals surface area contributed by atoms with Crippen molar-refractivity contribution in [3.63, 3.8) is 0 Å². The molecular formula is C17H23ClN2O. The van der Waals surface area contributed by atoms with Crippen LogP contribution in [0.25, 0.3) is 10.9 Å². The number of carbonyl (C=O) groups is 1.